The molecule has 0 bridgehead atoms. The van der Waals surface area contributed by atoms with E-state index in [0.29, 0.717) is 18.0 Å². The fraction of sp³-hybridized carbons (Fsp3) is 0.227. The molecule has 2 aromatic carbocycles. The number of nitrogens with zero attached hydrogens (tertiary/aromatic N) is 2. The van der Waals surface area contributed by atoms with Crippen LogP contribution in [0.2, 0.25) is 0 Å². The van der Waals surface area contributed by atoms with Crippen molar-refractivity contribution in [1.82, 2.24) is 9.78 Å². The van der Waals surface area contributed by atoms with Gasteiger partial charge < -0.3 is 14.8 Å². The molecule has 0 fully saturated rings. The van der Waals surface area contributed by atoms with Crippen molar-refractivity contribution >= 4 is 11.6 Å². The van der Waals surface area contributed by atoms with Crippen LogP contribution in [0.3, 0.4) is 0 Å². The smallest absolute Gasteiger partial charge is 0.267 e. The summed E-state index contributed by atoms with van der Waals surface area (Å²) in [5.74, 6) is 1.12. The van der Waals surface area contributed by atoms with Gasteiger partial charge >= 0.3 is 0 Å². The van der Waals surface area contributed by atoms with Gasteiger partial charge in [-0.15, -0.1) is 0 Å². The quantitative estimate of drug-likeness (QED) is 0.664. The van der Waals surface area contributed by atoms with E-state index in [4.69, 9.17) is 9.47 Å². The Morgan fingerprint density at radius 3 is 2.31 bits per heavy atom. The van der Waals surface area contributed by atoms with Crippen LogP contribution < -0.4 is 20.3 Å². The third kappa shape index (κ3) is 4.82. The molecule has 0 aliphatic carbocycles. The lowest BCUT2D eigenvalue weighted by Gasteiger charge is -2.15. The molecule has 0 spiro atoms. The molecule has 7 nitrogen and oxygen atoms in total. The van der Waals surface area contributed by atoms with Gasteiger partial charge in [0.1, 0.15) is 17.5 Å². The second-order valence-electron chi connectivity index (χ2n) is 6.35. The van der Waals surface area contributed by atoms with Gasteiger partial charge in [-0.2, -0.15) is 5.10 Å². The summed E-state index contributed by atoms with van der Waals surface area (Å²) >= 11 is 0. The minimum atomic E-state index is -0.785. The fourth-order valence-corrected chi connectivity index (χ4v) is 2.78. The molecule has 1 atom stereocenters. The molecular weight excluding hydrogens is 370 g/mol. The second-order valence-corrected chi connectivity index (χ2v) is 6.35. The van der Waals surface area contributed by atoms with E-state index in [1.807, 2.05) is 31.2 Å². The molecule has 0 aliphatic heterocycles. The van der Waals surface area contributed by atoms with Gasteiger partial charge in [-0.25, -0.2) is 4.68 Å². The molecule has 0 saturated heterocycles. The Balaban J connectivity index is 1.79. The van der Waals surface area contributed by atoms with Crippen LogP contribution in [0.15, 0.2) is 65.5 Å². The van der Waals surface area contributed by atoms with Crippen molar-refractivity contribution in [2.24, 2.45) is 0 Å². The number of carbonyl (C=O) groups excluding carboxylic acids is 1. The van der Waals surface area contributed by atoms with Crippen LogP contribution in [0.1, 0.15) is 19.9 Å². The van der Waals surface area contributed by atoms with Gasteiger partial charge in [0.2, 0.25) is 5.91 Å². The Hall–Kier alpha value is -3.61. The van der Waals surface area contributed by atoms with E-state index in [2.05, 4.69) is 10.4 Å². The van der Waals surface area contributed by atoms with E-state index < -0.39 is 6.04 Å². The predicted octanol–water partition coefficient (Wildman–Crippen LogP) is 3.52. The molecule has 0 saturated carbocycles. The zero-order valence-corrected chi connectivity index (χ0v) is 16.6. The lowest BCUT2D eigenvalue weighted by Crippen LogP contribution is -2.33. The van der Waals surface area contributed by atoms with Crippen molar-refractivity contribution in [3.63, 3.8) is 0 Å². The van der Waals surface area contributed by atoms with E-state index in [9.17, 15) is 9.59 Å². The molecule has 1 amide bonds. The first kappa shape index (κ1) is 20.1. The lowest BCUT2D eigenvalue weighted by molar-refractivity contribution is -0.119. The molecule has 0 radical (unpaired) electrons. The van der Waals surface area contributed by atoms with Gasteiger partial charge in [0.05, 0.1) is 19.4 Å². The maximum absolute atomic E-state index is 12.6. The molecular formula is C22H23N3O4. The van der Waals surface area contributed by atoms with E-state index in [1.165, 1.54) is 10.7 Å². The van der Waals surface area contributed by atoms with Crippen LogP contribution in [-0.4, -0.2) is 29.4 Å². The predicted molar refractivity (Wildman–Crippen MR) is 111 cm³/mol. The Morgan fingerprint density at radius 1 is 1.03 bits per heavy atom. The molecule has 0 aliphatic rings. The Labute approximate surface area is 168 Å². The highest BCUT2D eigenvalue weighted by molar-refractivity contribution is 5.93. The highest BCUT2D eigenvalue weighted by Gasteiger charge is 2.18. The van der Waals surface area contributed by atoms with Gasteiger partial charge in [-0.1, -0.05) is 0 Å². The molecule has 29 heavy (non-hydrogen) atoms. The topological polar surface area (TPSA) is 82.4 Å². The number of amides is 1. The maximum Gasteiger partial charge on any atom is 0.267 e. The standard InChI is InChI=1S/C22H23N3O4/c1-4-29-19-11-7-17(8-12-19)23-22(27)15(2)25-21(26)14-13-20(24-25)16-5-9-18(28-3)10-6-16/h5-15H,4H2,1-3H3,(H,23,27). The average molecular weight is 393 g/mol. The summed E-state index contributed by atoms with van der Waals surface area (Å²) in [5, 5.41) is 7.18. The average Bonchev–Trinajstić information content (AvgIpc) is 2.75. The summed E-state index contributed by atoms with van der Waals surface area (Å²) in [6, 6.07) is 16.6. The van der Waals surface area contributed by atoms with Crippen LogP contribution in [0, 0.1) is 0 Å². The molecule has 1 aromatic heterocycles. The Kier molecular flexibility index (Phi) is 6.29. The summed E-state index contributed by atoms with van der Waals surface area (Å²) < 4.78 is 11.7. The van der Waals surface area contributed by atoms with E-state index in [-0.39, 0.29) is 11.5 Å². The first-order valence-electron chi connectivity index (χ1n) is 9.30. The molecule has 150 valence electrons. The van der Waals surface area contributed by atoms with Crippen LogP contribution in [0.25, 0.3) is 11.3 Å². The Bertz CT molecular complexity index is 1030. The lowest BCUT2D eigenvalue weighted by atomic mass is 10.1. The van der Waals surface area contributed by atoms with Gasteiger partial charge in [-0.3, -0.25) is 9.59 Å². The number of rotatable bonds is 7. The second kappa shape index (κ2) is 9.05. The van der Waals surface area contributed by atoms with Crippen molar-refractivity contribution in [2.45, 2.75) is 19.9 Å². The molecule has 3 aromatic rings. The number of hydrogen-bond acceptors (Lipinski definition) is 5. The van der Waals surface area contributed by atoms with Crippen LogP contribution >= 0.6 is 0 Å². The van der Waals surface area contributed by atoms with Gasteiger partial charge in [0, 0.05) is 17.3 Å². The van der Waals surface area contributed by atoms with Crippen LogP contribution in [0.5, 0.6) is 11.5 Å². The van der Waals surface area contributed by atoms with Crippen LogP contribution in [-0.2, 0) is 4.79 Å². The third-order valence-electron chi connectivity index (χ3n) is 4.39. The van der Waals surface area contributed by atoms with Crippen molar-refractivity contribution in [2.75, 3.05) is 19.0 Å². The largest absolute Gasteiger partial charge is 0.497 e. The van der Waals surface area contributed by atoms with Crippen molar-refractivity contribution in [3.8, 4) is 22.8 Å². The van der Waals surface area contributed by atoms with Gasteiger partial charge in [-0.05, 0) is 68.4 Å². The molecule has 1 heterocycles. The van der Waals surface area contributed by atoms with E-state index >= 15 is 0 Å². The number of methoxy groups -OCH3 is 1. The third-order valence-corrected chi connectivity index (χ3v) is 4.39. The zero-order valence-electron chi connectivity index (χ0n) is 16.6. The summed E-state index contributed by atoms with van der Waals surface area (Å²) in [6.45, 7) is 4.11. The van der Waals surface area contributed by atoms with Gasteiger partial charge in [0.15, 0.2) is 0 Å². The highest BCUT2D eigenvalue weighted by atomic mass is 16.5. The van der Waals surface area contributed by atoms with Crippen molar-refractivity contribution in [1.29, 1.82) is 0 Å². The molecule has 1 unspecified atom stereocenters. The van der Waals surface area contributed by atoms with Crippen molar-refractivity contribution < 1.29 is 14.3 Å². The number of aromatic nitrogens is 2. The van der Waals surface area contributed by atoms with E-state index in [1.54, 1.807) is 44.4 Å². The fourth-order valence-electron chi connectivity index (χ4n) is 2.78. The van der Waals surface area contributed by atoms with E-state index in [0.717, 1.165) is 17.1 Å². The minimum Gasteiger partial charge on any atom is -0.497 e. The number of ether oxygens (including phenoxy) is 2. The number of hydrogen-bond donors (Lipinski definition) is 1. The number of benzene rings is 2. The monoisotopic (exact) mass is 393 g/mol. The number of nitrogens with one attached hydrogen (secondary N) is 1. The minimum absolute atomic E-state index is 0.337. The molecule has 3 rings (SSSR count). The summed E-state index contributed by atoms with van der Waals surface area (Å²) in [4.78, 5) is 25.0. The van der Waals surface area contributed by atoms with Crippen molar-refractivity contribution in [3.05, 3.63) is 71.0 Å². The van der Waals surface area contributed by atoms with Crippen LogP contribution in [0.4, 0.5) is 5.69 Å². The highest BCUT2D eigenvalue weighted by Crippen LogP contribution is 2.21. The number of anilines is 1. The molecule has 1 N–H and O–H groups in total. The summed E-state index contributed by atoms with van der Waals surface area (Å²) in [5.41, 5.74) is 1.67. The maximum atomic E-state index is 12.6. The first-order valence-corrected chi connectivity index (χ1v) is 9.30. The zero-order chi connectivity index (χ0) is 20.8. The SMILES string of the molecule is CCOc1ccc(NC(=O)C(C)n2nc(-c3ccc(OC)cc3)ccc2=O)cc1. The molecule has 7 heteroatoms. The summed E-state index contributed by atoms with van der Waals surface area (Å²) in [7, 11) is 1.60. The normalized spacial score (nSPS) is 11.6. The summed E-state index contributed by atoms with van der Waals surface area (Å²) in [6.07, 6.45) is 0. The first-order chi connectivity index (χ1) is 14.0. The Morgan fingerprint density at radius 2 is 1.69 bits per heavy atom. The van der Waals surface area contributed by atoms with Gasteiger partial charge in [0.25, 0.3) is 5.56 Å². The number of carbonyl (C=O) groups is 1.